The highest BCUT2D eigenvalue weighted by Gasteiger charge is 2.05. The molecule has 0 aliphatic rings. The Bertz CT molecular complexity index is 774. The highest BCUT2D eigenvalue weighted by molar-refractivity contribution is 9.11. The molecule has 126 valence electrons. The first kappa shape index (κ1) is 19.2. The lowest BCUT2D eigenvalue weighted by Crippen LogP contribution is -2.25. The van der Waals surface area contributed by atoms with E-state index in [1.54, 1.807) is 18.2 Å². The van der Waals surface area contributed by atoms with Crippen molar-refractivity contribution in [3.63, 3.8) is 0 Å². The van der Waals surface area contributed by atoms with E-state index in [1.807, 2.05) is 19.1 Å². The average molecular weight is 494 g/mol. The Morgan fingerprint density at radius 3 is 2.50 bits per heavy atom. The van der Waals surface area contributed by atoms with E-state index in [1.165, 1.54) is 6.21 Å². The number of amides is 1. The van der Waals surface area contributed by atoms with Crippen molar-refractivity contribution in [2.45, 2.75) is 6.92 Å². The van der Waals surface area contributed by atoms with Crippen LogP contribution in [0.1, 0.15) is 11.1 Å². The van der Waals surface area contributed by atoms with Crippen molar-refractivity contribution in [1.29, 1.82) is 0 Å². The third kappa shape index (κ3) is 5.48. The van der Waals surface area contributed by atoms with Gasteiger partial charge in [-0.05, 0) is 36.8 Å². The molecule has 0 saturated heterocycles. The van der Waals surface area contributed by atoms with Crippen molar-refractivity contribution in [1.82, 2.24) is 5.43 Å². The second kappa shape index (κ2) is 8.85. The highest BCUT2D eigenvalue weighted by atomic mass is 79.9. The topological polar surface area (TPSA) is 53.5 Å². The van der Waals surface area contributed by atoms with Gasteiger partial charge in [-0.3, -0.25) is 4.79 Å². The fourth-order valence-corrected chi connectivity index (χ4v) is 3.39. The molecule has 2 aromatic rings. The van der Waals surface area contributed by atoms with Crippen molar-refractivity contribution in [3.05, 3.63) is 60.4 Å². The van der Waals surface area contributed by atoms with Crippen LogP contribution in [0.5, 0.6) is 0 Å². The second-order valence-electron chi connectivity index (χ2n) is 4.88. The third-order valence-electron chi connectivity index (χ3n) is 3.09. The number of halogens is 4. The van der Waals surface area contributed by atoms with Crippen LogP contribution in [0.2, 0.25) is 10.0 Å². The van der Waals surface area contributed by atoms with Gasteiger partial charge in [0.1, 0.15) is 0 Å². The molecule has 2 rings (SSSR count). The summed E-state index contributed by atoms with van der Waals surface area (Å²) in [6.45, 7) is 2.08. The maximum atomic E-state index is 11.8. The zero-order chi connectivity index (χ0) is 17.7. The molecule has 0 saturated carbocycles. The maximum Gasteiger partial charge on any atom is 0.259 e. The van der Waals surface area contributed by atoms with Crippen molar-refractivity contribution in [2.75, 3.05) is 11.9 Å². The molecule has 0 aliphatic heterocycles. The molecule has 2 N–H and O–H groups in total. The maximum absolute atomic E-state index is 11.8. The molecule has 2 aromatic carbocycles. The first-order chi connectivity index (χ1) is 11.4. The molecule has 0 bridgehead atoms. The number of hydrogen-bond acceptors (Lipinski definition) is 3. The standard InChI is InChI=1S/C16H13Br2Cl2N3O/c1-9-13(17)5-12(6-14(9)18)21-8-16(24)23-22-7-10-2-3-11(19)4-15(10)20/h2-7,21H,8H2,1H3,(H,23,24). The Morgan fingerprint density at radius 2 is 1.88 bits per heavy atom. The van der Waals surface area contributed by atoms with E-state index in [9.17, 15) is 4.79 Å². The number of anilines is 1. The molecule has 8 heteroatoms. The van der Waals surface area contributed by atoms with Gasteiger partial charge in [0.05, 0.1) is 17.8 Å². The van der Waals surface area contributed by atoms with Gasteiger partial charge in [0.2, 0.25) is 0 Å². The lowest BCUT2D eigenvalue weighted by Gasteiger charge is -2.09. The first-order valence-electron chi connectivity index (χ1n) is 6.83. The van der Waals surface area contributed by atoms with Crippen LogP contribution in [-0.4, -0.2) is 18.7 Å². The largest absolute Gasteiger partial charge is 0.376 e. The molecule has 0 radical (unpaired) electrons. The van der Waals surface area contributed by atoms with Gasteiger partial charge in [-0.1, -0.05) is 61.1 Å². The quantitative estimate of drug-likeness (QED) is 0.433. The van der Waals surface area contributed by atoms with Crippen LogP contribution < -0.4 is 10.7 Å². The number of nitrogens with one attached hydrogen (secondary N) is 2. The van der Waals surface area contributed by atoms with Crippen molar-refractivity contribution >= 4 is 72.9 Å². The summed E-state index contributed by atoms with van der Waals surface area (Å²) in [6, 6.07) is 8.85. The van der Waals surface area contributed by atoms with Gasteiger partial charge in [0, 0.05) is 25.2 Å². The number of hydrazone groups is 1. The molecule has 0 atom stereocenters. The summed E-state index contributed by atoms with van der Waals surface area (Å²) in [4.78, 5) is 11.8. The van der Waals surface area contributed by atoms with Crippen molar-refractivity contribution in [2.24, 2.45) is 5.10 Å². The Labute approximate surface area is 166 Å². The van der Waals surface area contributed by atoms with Crippen LogP contribution >= 0.6 is 55.1 Å². The molecular weight excluding hydrogens is 481 g/mol. The fourth-order valence-electron chi connectivity index (χ4n) is 1.75. The lowest BCUT2D eigenvalue weighted by molar-refractivity contribution is -0.119. The summed E-state index contributed by atoms with van der Waals surface area (Å²) < 4.78 is 1.91. The highest BCUT2D eigenvalue weighted by Crippen LogP contribution is 2.28. The van der Waals surface area contributed by atoms with Gasteiger partial charge in [-0.2, -0.15) is 5.10 Å². The molecule has 1 amide bonds. The van der Waals surface area contributed by atoms with Crippen molar-refractivity contribution < 1.29 is 4.79 Å². The molecule has 4 nitrogen and oxygen atoms in total. The molecule has 0 unspecified atom stereocenters. The van der Waals surface area contributed by atoms with Crippen LogP contribution in [0.3, 0.4) is 0 Å². The summed E-state index contributed by atoms with van der Waals surface area (Å²) >= 11 is 18.8. The van der Waals surface area contributed by atoms with E-state index in [0.717, 1.165) is 20.2 Å². The number of hydrogen-bond donors (Lipinski definition) is 2. The normalized spacial score (nSPS) is 10.9. The van der Waals surface area contributed by atoms with Crippen LogP contribution in [0.4, 0.5) is 5.69 Å². The van der Waals surface area contributed by atoms with Crippen LogP contribution in [0, 0.1) is 6.92 Å². The van der Waals surface area contributed by atoms with E-state index >= 15 is 0 Å². The second-order valence-corrected chi connectivity index (χ2v) is 7.43. The minimum atomic E-state index is -0.274. The average Bonchev–Trinajstić information content (AvgIpc) is 2.52. The van der Waals surface area contributed by atoms with Gasteiger partial charge < -0.3 is 5.32 Å². The van der Waals surface area contributed by atoms with Crippen LogP contribution in [0.25, 0.3) is 0 Å². The molecule has 0 fully saturated rings. The third-order valence-corrected chi connectivity index (χ3v) is 5.30. The molecule has 0 heterocycles. The first-order valence-corrected chi connectivity index (χ1v) is 9.17. The number of rotatable bonds is 5. The van der Waals surface area contributed by atoms with E-state index in [4.69, 9.17) is 23.2 Å². The van der Waals surface area contributed by atoms with Crippen LogP contribution in [-0.2, 0) is 4.79 Å². The number of nitrogens with zero attached hydrogens (tertiary/aromatic N) is 1. The van der Waals surface area contributed by atoms with E-state index in [2.05, 4.69) is 47.7 Å². The van der Waals surface area contributed by atoms with Gasteiger partial charge in [-0.15, -0.1) is 0 Å². The molecule has 0 spiro atoms. The lowest BCUT2D eigenvalue weighted by atomic mass is 10.2. The Hall–Kier alpha value is -1.08. The van der Waals surface area contributed by atoms with E-state index < -0.39 is 0 Å². The monoisotopic (exact) mass is 491 g/mol. The van der Waals surface area contributed by atoms with Crippen molar-refractivity contribution in [3.8, 4) is 0 Å². The summed E-state index contributed by atoms with van der Waals surface area (Å²) in [7, 11) is 0. The van der Waals surface area contributed by atoms with Gasteiger partial charge >= 0.3 is 0 Å². The van der Waals surface area contributed by atoms with Gasteiger partial charge in [-0.25, -0.2) is 5.43 Å². The Kier molecular flexibility index (Phi) is 7.10. The molecular formula is C16H13Br2Cl2N3O. The van der Waals surface area contributed by atoms with E-state index in [0.29, 0.717) is 15.6 Å². The number of benzene rings is 2. The molecule has 0 aromatic heterocycles. The summed E-state index contributed by atoms with van der Waals surface area (Å²) in [5, 5.41) is 7.92. The molecule has 0 aliphatic carbocycles. The smallest absolute Gasteiger partial charge is 0.259 e. The van der Waals surface area contributed by atoms with Crippen LogP contribution in [0.15, 0.2) is 44.4 Å². The minimum Gasteiger partial charge on any atom is -0.376 e. The minimum absolute atomic E-state index is 0.0909. The summed E-state index contributed by atoms with van der Waals surface area (Å²) in [5.41, 5.74) is 5.01. The number of carbonyl (C=O) groups excluding carboxylic acids is 1. The Balaban J connectivity index is 1.88. The fraction of sp³-hybridized carbons (Fsp3) is 0.125. The SMILES string of the molecule is Cc1c(Br)cc(NCC(=O)NN=Cc2ccc(Cl)cc2Cl)cc1Br. The van der Waals surface area contributed by atoms with Gasteiger partial charge in [0.15, 0.2) is 0 Å². The summed E-state index contributed by atoms with van der Waals surface area (Å²) in [6.07, 6.45) is 1.47. The summed E-state index contributed by atoms with van der Waals surface area (Å²) in [5.74, 6) is -0.274. The van der Waals surface area contributed by atoms with Gasteiger partial charge in [0.25, 0.3) is 5.91 Å². The zero-order valence-corrected chi connectivity index (χ0v) is 17.2. The predicted molar refractivity (Wildman–Crippen MR) is 107 cm³/mol. The molecule has 24 heavy (non-hydrogen) atoms. The van der Waals surface area contributed by atoms with E-state index in [-0.39, 0.29) is 12.5 Å². The predicted octanol–water partition coefficient (Wildman–Crippen LogP) is 5.39. The zero-order valence-electron chi connectivity index (χ0n) is 12.5. The Morgan fingerprint density at radius 1 is 1.21 bits per heavy atom. The number of carbonyl (C=O) groups is 1.